The van der Waals surface area contributed by atoms with Gasteiger partial charge in [-0.3, -0.25) is 10.4 Å². The number of rotatable bonds is 2. The summed E-state index contributed by atoms with van der Waals surface area (Å²) in [5.41, 5.74) is 10.8. The van der Waals surface area contributed by atoms with E-state index in [2.05, 4.69) is 28.6 Å². The predicted molar refractivity (Wildman–Crippen MR) is 121 cm³/mol. The minimum absolute atomic E-state index is 0.792. The Morgan fingerprint density at radius 1 is 0.600 bits per heavy atom. The number of hydrogen-bond donors (Lipinski definition) is 1. The lowest BCUT2D eigenvalue weighted by Gasteiger charge is -2.32. The highest BCUT2D eigenvalue weighted by Gasteiger charge is 2.22. The molecule has 0 radical (unpaired) electrons. The van der Waals surface area contributed by atoms with E-state index in [1.54, 1.807) is 0 Å². The van der Waals surface area contributed by atoms with Gasteiger partial charge in [-0.2, -0.15) is 0 Å². The summed E-state index contributed by atoms with van der Waals surface area (Å²) in [6.07, 6.45) is 0. The largest absolute Gasteiger partial charge is 0.276 e. The van der Waals surface area contributed by atoms with Crippen LogP contribution in [0, 0.1) is 0 Å². The first-order valence-electron chi connectivity index (χ1n) is 9.82. The zero-order valence-electron chi connectivity index (χ0n) is 16.0. The van der Waals surface area contributed by atoms with Gasteiger partial charge in [0.15, 0.2) is 5.84 Å². The number of hydrazine groups is 1. The number of benzene rings is 4. The topological polar surface area (TPSA) is 53.4 Å². The molecule has 0 spiro atoms. The summed E-state index contributed by atoms with van der Waals surface area (Å²) in [4.78, 5) is 14.6. The Morgan fingerprint density at radius 3 is 1.90 bits per heavy atom. The van der Waals surface area contributed by atoms with Crippen molar-refractivity contribution in [3.05, 3.63) is 103 Å². The van der Waals surface area contributed by atoms with E-state index in [0.717, 1.165) is 50.5 Å². The SMILES string of the molecule is c1ccc(C2=Nc3cc4nc5ccccc5nc4cc3N(c3ccccc3)N2)cc1. The van der Waals surface area contributed by atoms with E-state index >= 15 is 0 Å². The number of anilines is 2. The van der Waals surface area contributed by atoms with Crippen molar-refractivity contribution in [3.63, 3.8) is 0 Å². The van der Waals surface area contributed by atoms with E-state index in [0.29, 0.717) is 0 Å². The van der Waals surface area contributed by atoms with Crippen LogP contribution in [0.3, 0.4) is 0 Å². The molecule has 0 saturated carbocycles. The van der Waals surface area contributed by atoms with Crippen LogP contribution in [0.2, 0.25) is 0 Å². The van der Waals surface area contributed by atoms with Gasteiger partial charge >= 0.3 is 0 Å². The number of nitrogens with zero attached hydrogens (tertiary/aromatic N) is 4. The molecule has 142 valence electrons. The van der Waals surface area contributed by atoms with Crippen molar-refractivity contribution >= 4 is 45.0 Å². The Balaban J connectivity index is 1.60. The molecule has 1 aliphatic heterocycles. The van der Waals surface area contributed by atoms with Gasteiger partial charge in [0.2, 0.25) is 0 Å². The van der Waals surface area contributed by atoms with Crippen molar-refractivity contribution in [2.75, 3.05) is 5.01 Å². The second-order valence-corrected chi connectivity index (χ2v) is 7.15. The van der Waals surface area contributed by atoms with E-state index in [-0.39, 0.29) is 0 Å². The number of para-hydroxylation sites is 3. The molecular formula is C25H17N5. The van der Waals surface area contributed by atoms with Gasteiger partial charge in [-0.25, -0.2) is 15.0 Å². The van der Waals surface area contributed by atoms with Gasteiger partial charge in [0.05, 0.1) is 39.1 Å². The lowest BCUT2D eigenvalue weighted by molar-refractivity contribution is 0.915. The maximum atomic E-state index is 4.92. The Kier molecular flexibility index (Phi) is 3.71. The summed E-state index contributed by atoms with van der Waals surface area (Å²) < 4.78 is 0. The molecule has 1 N–H and O–H groups in total. The molecular weight excluding hydrogens is 370 g/mol. The smallest absolute Gasteiger partial charge is 0.152 e. The van der Waals surface area contributed by atoms with Crippen molar-refractivity contribution in [3.8, 4) is 0 Å². The number of fused-ring (bicyclic) bond motifs is 3. The molecule has 6 rings (SSSR count). The Labute approximate surface area is 173 Å². The van der Waals surface area contributed by atoms with Crippen molar-refractivity contribution in [2.24, 2.45) is 4.99 Å². The molecule has 0 fully saturated rings. The van der Waals surface area contributed by atoms with Crippen LogP contribution in [0.25, 0.3) is 22.1 Å². The molecule has 1 aromatic heterocycles. The molecule has 0 amide bonds. The fourth-order valence-corrected chi connectivity index (χ4v) is 3.73. The minimum Gasteiger partial charge on any atom is -0.276 e. The lowest BCUT2D eigenvalue weighted by atomic mass is 10.1. The maximum Gasteiger partial charge on any atom is 0.152 e. The first-order chi connectivity index (χ1) is 14.8. The normalized spacial score (nSPS) is 13.1. The number of amidine groups is 1. The molecule has 0 atom stereocenters. The highest BCUT2D eigenvalue weighted by Crippen LogP contribution is 2.38. The molecule has 30 heavy (non-hydrogen) atoms. The van der Waals surface area contributed by atoms with Crippen LogP contribution in [0.15, 0.2) is 102 Å². The van der Waals surface area contributed by atoms with Gasteiger partial charge in [-0.05, 0) is 36.4 Å². The summed E-state index contributed by atoms with van der Waals surface area (Å²) >= 11 is 0. The summed E-state index contributed by atoms with van der Waals surface area (Å²) in [5.74, 6) is 0.792. The standard InChI is InChI=1S/C25H17N5/c1-3-9-17(10-4-1)25-28-23-15-21-22(27-20-14-8-7-13-19(20)26-21)16-24(23)30(29-25)18-11-5-2-6-12-18/h1-16H,(H,28,29). The lowest BCUT2D eigenvalue weighted by Crippen LogP contribution is -2.41. The molecule has 4 aromatic carbocycles. The number of hydrogen-bond acceptors (Lipinski definition) is 5. The van der Waals surface area contributed by atoms with Crippen LogP contribution < -0.4 is 10.4 Å². The molecule has 5 aromatic rings. The third kappa shape index (κ3) is 2.76. The van der Waals surface area contributed by atoms with Crippen LogP contribution in [0.5, 0.6) is 0 Å². The van der Waals surface area contributed by atoms with Crippen molar-refractivity contribution in [1.29, 1.82) is 0 Å². The van der Waals surface area contributed by atoms with Crippen LogP contribution in [0.1, 0.15) is 5.56 Å². The molecule has 0 saturated heterocycles. The average molecular weight is 387 g/mol. The second kappa shape index (κ2) is 6.67. The summed E-state index contributed by atoms with van der Waals surface area (Å²) in [7, 11) is 0. The molecule has 5 heteroatoms. The monoisotopic (exact) mass is 387 g/mol. The van der Waals surface area contributed by atoms with Crippen LogP contribution in [-0.4, -0.2) is 15.8 Å². The first-order valence-corrected chi connectivity index (χ1v) is 9.82. The van der Waals surface area contributed by atoms with Crippen molar-refractivity contribution < 1.29 is 0 Å². The van der Waals surface area contributed by atoms with Gasteiger partial charge in [0.25, 0.3) is 0 Å². The maximum absolute atomic E-state index is 4.92. The Hall–Kier alpha value is -4.25. The fraction of sp³-hybridized carbons (Fsp3) is 0. The summed E-state index contributed by atoms with van der Waals surface area (Å²) in [6, 6.07) is 32.3. The van der Waals surface area contributed by atoms with E-state index in [4.69, 9.17) is 15.0 Å². The average Bonchev–Trinajstić information content (AvgIpc) is 2.82. The van der Waals surface area contributed by atoms with Gasteiger partial charge in [0.1, 0.15) is 0 Å². The Bertz CT molecular complexity index is 1410. The predicted octanol–water partition coefficient (Wildman–Crippen LogP) is 5.52. The van der Waals surface area contributed by atoms with Gasteiger partial charge in [-0.1, -0.05) is 60.7 Å². The first kappa shape index (κ1) is 16.7. The number of aromatic nitrogens is 2. The molecule has 1 aliphatic rings. The quantitative estimate of drug-likeness (QED) is 0.405. The van der Waals surface area contributed by atoms with E-state index in [1.165, 1.54) is 0 Å². The molecule has 0 aliphatic carbocycles. The highest BCUT2D eigenvalue weighted by atomic mass is 15.5. The number of aliphatic imine (C=N–C) groups is 1. The second-order valence-electron chi connectivity index (χ2n) is 7.15. The van der Waals surface area contributed by atoms with Crippen molar-refractivity contribution in [1.82, 2.24) is 15.4 Å². The molecule has 0 unspecified atom stereocenters. The van der Waals surface area contributed by atoms with E-state index in [1.807, 2.05) is 78.9 Å². The zero-order chi connectivity index (χ0) is 19.9. The minimum atomic E-state index is 0.792. The van der Waals surface area contributed by atoms with Crippen LogP contribution >= 0.6 is 0 Å². The van der Waals surface area contributed by atoms with Gasteiger partial charge in [0, 0.05) is 5.56 Å². The highest BCUT2D eigenvalue weighted by molar-refractivity contribution is 6.06. The molecule has 2 heterocycles. The third-order valence-electron chi connectivity index (χ3n) is 5.19. The van der Waals surface area contributed by atoms with E-state index in [9.17, 15) is 0 Å². The number of nitrogens with one attached hydrogen (secondary N) is 1. The van der Waals surface area contributed by atoms with Crippen molar-refractivity contribution in [2.45, 2.75) is 0 Å². The third-order valence-corrected chi connectivity index (χ3v) is 5.19. The van der Waals surface area contributed by atoms with E-state index < -0.39 is 0 Å². The van der Waals surface area contributed by atoms with Gasteiger partial charge < -0.3 is 0 Å². The van der Waals surface area contributed by atoms with Crippen LogP contribution in [-0.2, 0) is 0 Å². The van der Waals surface area contributed by atoms with Gasteiger partial charge in [-0.15, -0.1) is 0 Å². The van der Waals surface area contributed by atoms with Crippen LogP contribution in [0.4, 0.5) is 17.1 Å². The zero-order valence-corrected chi connectivity index (χ0v) is 16.0. The fourth-order valence-electron chi connectivity index (χ4n) is 3.73. The Morgan fingerprint density at radius 2 is 1.20 bits per heavy atom. The molecule has 5 nitrogen and oxygen atoms in total. The molecule has 0 bridgehead atoms. The summed E-state index contributed by atoms with van der Waals surface area (Å²) in [6.45, 7) is 0. The summed E-state index contributed by atoms with van der Waals surface area (Å²) in [5, 5.41) is 2.06.